The van der Waals surface area contributed by atoms with Crippen LogP contribution in [0.25, 0.3) is 0 Å². The number of phenolic OH excluding ortho intramolecular Hbond substituents is 1. The van der Waals surface area contributed by atoms with E-state index in [-0.39, 0.29) is 18.7 Å². The number of nitrogens with one attached hydrogen (secondary N) is 1. The highest BCUT2D eigenvalue weighted by molar-refractivity contribution is 5.34. The smallest absolute Gasteiger partial charge is 0.120 e. The first-order valence-electron chi connectivity index (χ1n) is 5.33. The summed E-state index contributed by atoms with van der Waals surface area (Å²) >= 11 is 0. The molecule has 84 valence electrons. The fourth-order valence-electron chi connectivity index (χ4n) is 1.60. The van der Waals surface area contributed by atoms with Gasteiger partial charge in [0.1, 0.15) is 5.75 Å². The van der Waals surface area contributed by atoms with Crippen molar-refractivity contribution in [2.75, 3.05) is 6.61 Å². The molecule has 1 unspecified atom stereocenters. The van der Waals surface area contributed by atoms with Crippen LogP contribution >= 0.6 is 0 Å². The molecule has 0 heterocycles. The Labute approximate surface area is 90.8 Å². The minimum Gasteiger partial charge on any atom is -0.508 e. The zero-order chi connectivity index (χ0) is 11.3. The molecular weight excluding hydrogens is 190 g/mol. The van der Waals surface area contributed by atoms with Crippen molar-refractivity contribution in [1.82, 2.24) is 5.32 Å². The minimum absolute atomic E-state index is 0.0447. The van der Waals surface area contributed by atoms with Gasteiger partial charge in [-0.05, 0) is 19.4 Å². The van der Waals surface area contributed by atoms with E-state index in [0.717, 1.165) is 12.0 Å². The Morgan fingerprint density at radius 3 is 2.53 bits per heavy atom. The molecule has 0 aliphatic carbocycles. The molecule has 0 radical (unpaired) electrons. The first-order valence-corrected chi connectivity index (χ1v) is 5.33. The van der Waals surface area contributed by atoms with Crippen molar-refractivity contribution in [3.05, 3.63) is 29.8 Å². The number of phenols is 1. The van der Waals surface area contributed by atoms with E-state index in [4.69, 9.17) is 5.11 Å². The third-order valence-corrected chi connectivity index (χ3v) is 2.60. The number of aromatic hydroxyl groups is 1. The van der Waals surface area contributed by atoms with Crippen LogP contribution in [0, 0.1) is 0 Å². The highest BCUT2D eigenvalue weighted by atomic mass is 16.3. The van der Waals surface area contributed by atoms with E-state index in [1.54, 1.807) is 12.1 Å². The predicted molar refractivity (Wildman–Crippen MR) is 60.8 cm³/mol. The zero-order valence-corrected chi connectivity index (χ0v) is 9.27. The molecule has 0 aliphatic rings. The average molecular weight is 209 g/mol. The molecule has 0 fully saturated rings. The van der Waals surface area contributed by atoms with Gasteiger partial charge in [-0.3, -0.25) is 0 Å². The Bertz CT molecular complexity index is 297. The fourth-order valence-corrected chi connectivity index (χ4v) is 1.60. The summed E-state index contributed by atoms with van der Waals surface area (Å²) in [6, 6.07) is 7.38. The summed E-state index contributed by atoms with van der Waals surface area (Å²) in [6.07, 6.45) is 0.869. The van der Waals surface area contributed by atoms with E-state index in [0.29, 0.717) is 5.75 Å². The standard InChI is InChI=1S/C12H19NO2/c1-3-10(8-14)13-9(2)11-6-4-5-7-12(11)15/h4-7,9-10,13-15H,3,8H2,1-2H3/t9?,10-/m1/s1. The lowest BCUT2D eigenvalue weighted by atomic mass is 10.1. The maximum atomic E-state index is 9.64. The molecule has 0 saturated heterocycles. The second-order valence-corrected chi connectivity index (χ2v) is 3.73. The summed E-state index contributed by atoms with van der Waals surface area (Å²) in [5, 5.41) is 22.0. The molecule has 15 heavy (non-hydrogen) atoms. The number of para-hydroxylation sites is 1. The second-order valence-electron chi connectivity index (χ2n) is 3.73. The zero-order valence-electron chi connectivity index (χ0n) is 9.27. The number of aliphatic hydroxyl groups excluding tert-OH is 1. The molecule has 3 heteroatoms. The van der Waals surface area contributed by atoms with Gasteiger partial charge in [-0.25, -0.2) is 0 Å². The lowest BCUT2D eigenvalue weighted by Gasteiger charge is -2.21. The molecule has 1 aromatic rings. The van der Waals surface area contributed by atoms with E-state index >= 15 is 0 Å². The van der Waals surface area contributed by atoms with E-state index in [1.807, 2.05) is 26.0 Å². The number of rotatable bonds is 5. The molecule has 0 spiro atoms. The van der Waals surface area contributed by atoms with Gasteiger partial charge in [0.15, 0.2) is 0 Å². The molecule has 0 aliphatic heterocycles. The molecule has 0 aromatic heterocycles. The second kappa shape index (κ2) is 5.73. The van der Waals surface area contributed by atoms with Crippen LogP contribution in [0.5, 0.6) is 5.75 Å². The van der Waals surface area contributed by atoms with Gasteiger partial charge in [0.2, 0.25) is 0 Å². The van der Waals surface area contributed by atoms with Gasteiger partial charge >= 0.3 is 0 Å². The normalized spacial score (nSPS) is 14.9. The van der Waals surface area contributed by atoms with E-state index in [2.05, 4.69) is 5.32 Å². The first-order chi connectivity index (χ1) is 7.19. The summed E-state index contributed by atoms with van der Waals surface area (Å²) in [6.45, 7) is 4.12. The van der Waals surface area contributed by atoms with Gasteiger partial charge in [-0.1, -0.05) is 25.1 Å². The maximum absolute atomic E-state index is 9.64. The summed E-state index contributed by atoms with van der Waals surface area (Å²) in [4.78, 5) is 0. The van der Waals surface area contributed by atoms with Gasteiger partial charge in [0.25, 0.3) is 0 Å². The quantitative estimate of drug-likeness (QED) is 0.693. The van der Waals surface area contributed by atoms with E-state index in [1.165, 1.54) is 0 Å². The van der Waals surface area contributed by atoms with Crippen molar-refractivity contribution < 1.29 is 10.2 Å². The monoisotopic (exact) mass is 209 g/mol. The Balaban J connectivity index is 2.68. The van der Waals surface area contributed by atoms with Gasteiger partial charge in [0.05, 0.1) is 6.61 Å². The Hall–Kier alpha value is -1.06. The molecule has 1 aromatic carbocycles. The van der Waals surface area contributed by atoms with Crippen LogP contribution in [-0.4, -0.2) is 22.9 Å². The Morgan fingerprint density at radius 2 is 2.00 bits per heavy atom. The van der Waals surface area contributed by atoms with E-state index in [9.17, 15) is 5.11 Å². The highest BCUT2D eigenvalue weighted by Gasteiger charge is 2.13. The van der Waals surface area contributed by atoms with Gasteiger partial charge < -0.3 is 15.5 Å². The van der Waals surface area contributed by atoms with Crippen molar-refractivity contribution in [3.63, 3.8) is 0 Å². The van der Waals surface area contributed by atoms with E-state index < -0.39 is 0 Å². The summed E-state index contributed by atoms with van der Waals surface area (Å²) in [5.41, 5.74) is 0.865. The van der Waals surface area contributed by atoms with Crippen LogP contribution in [0.1, 0.15) is 31.9 Å². The first kappa shape index (κ1) is 12.0. The molecule has 2 atom stereocenters. The number of hydrogen-bond donors (Lipinski definition) is 3. The van der Waals surface area contributed by atoms with Crippen molar-refractivity contribution in [2.45, 2.75) is 32.4 Å². The van der Waals surface area contributed by atoms with Crippen molar-refractivity contribution in [1.29, 1.82) is 0 Å². The van der Waals surface area contributed by atoms with Gasteiger partial charge in [-0.2, -0.15) is 0 Å². The summed E-state index contributed by atoms with van der Waals surface area (Å²) in [7, 11) is 0. The average Bonchev–Trinajstić information content (AvgIpc) is 2.26. The van der Waals surface area contributed by atoms with Crippen molar-refractivity contribution >= 4 is 0 Å². The number of hydrogen-bond acceptors (Lipinski definition) is 3. The van der Waals surface area contributed by atoms with Gasteiger partial charge in [-0.15, -0.1) is 0 Å². The third kappa shape index (κ3) is 3.22. The largest absolute Gasteiger partial charge is 0.508 e. The van der Waals surface area contributed by atoms with Crippen LogP contribution in [0.4, 0.5) is 0 Å². The topological polar surface area (TPSA) is 52.5 Å². The summed E-state index contributed by atoms with van der Waals surface area (Å²) < 4.78 is 0. The molecule has 0 amide bonds. The summed E-state index contributed by atoms with van der Waals surface area (Å²) in [5.74, 6) is 0.297. The number of aliphatic hydroxyl groups is 1. The fraction of sp³-hybridized carbons (Fsp3) is 0.500. The number of benzene rings is 1. The minimum atomic E-state index is 0.0447. The van der Waals surface area contributed by atoms with Crippen LogP contribution in [0.15, 0.2) is 24.3 Å². The van der Waals surface area contributed by atoms with Crippen LogP contribution in [-0.2, 0) is 0 Å². The Morgan fingerprint density at radius 1 is 1.33 bits per heavy atom. The maximum Gasteiger partial charge on any atom is 0.120 e. The highest BCUT2D eigenvalue weighted by Crippen LogP contribution is 2.23. The molecule has 3 N–H and O–H groups in total. The SMILES string of the molecule is CC[C@H](CO)NC(C)c1ccccc1O. The molecular formula is C12H19NO2. The predicted octanol–water partition coefficient (Wildman–Crippen LogP) is 1.81. The van der Waals surface area contributed by atoms with Gasteiger partial charge in [0, 0.05) is 17.6 Å². The third-order valence-electron chi connectivity index (χ3n) is 2.60. The molecule has 3 nitrogen and oxygen atoms in total. The van der Waals surface area contributed by atoms with Crippen LogP contribution < -0.4 is 5.32 Å². The molecule has 0 bridgehead atoms. The van der Waals surface area contributed by atoms with Crippen LogP contribution in [0.3, 0.4) is 0 Å². The lowest BCUT2D eigenvalue weighted by Crippen LogP contribution is -2.33. The molecule has 1 rings (SSSR count). The van der Waals surface area contributed by atoms with Crippen molar-refractivity contribution in [3.8, 4) is 5.75 Å². The lowest BCUT2D eigenvalue weighted by molar-refractivity contribution is 0.229. The van der Waals surface area contributed by atoms with Crippen molar-refractivity contribution in [2.24, 2.45) is 0 Å². The Kier molecular flexibility index (Phi) is 4.59. The molecule has 0 saturated carbocycles. The van der Waals surface area contributed by atoms with Crippen LogP contribution in [0.2, 0.25) is 0 Å².